The molecule has 0 spiro atoms. The highest BCUT2D eigenvalue weighted by atomic mass is 16.4. The van der Waals surface area contributed by atoms with E-state index in [1.165, 1.54) is 25.7 Å². The number of carboxylic acids is 1. The van der Waals surface area contributed by atoms with Crippen molar-refractivity contribution >= 4 is 12.0 Å². The minimum Gasteiger partial charge on any atom is -0.481 e. The van der Waals surface area contributed by atoms with Crippen molar-refractivity contribution in [3.8, 4) is 0 Å². The molecule has 0 aromatic carbocycles. The van der Waals surface area contributed by atoms with E-state index in [9.17, 15) is 9.59 Å². The van der Waals surface area contributed by atoms with E-state index in [1.807, 2.05) is 6.92 Å². The normalized spacial score (nSPS) is 18.8. The molecular weight excluding hydrogens is 244 g/mol. The van der Waals surface area contributed by atoms with Crippen molar-refractivity contribution in [1.82, 2.24) is 10.6 Å². The number of carboxylic acid groups (broad SMARTS) is 1. The van der Waals surface area contributed by atoms with E-state index in [0.717, 1.165) is 6.42 Å². The molecule has 0 aromatic heterocycles. The van der Waals surface area contributed by atoms with Crippen LogP contribution in [0.3, 0.4) is 0 Å². The van der Waals surface area contributed by atoms with Crippen LogP contribution in [0.15, 0.2) is 0 Å². The summed E-state index contributed by atoms with van der Waals surface area (Å²) in [6, 6.07) is -0.251. The van der Waals surface area contributed by atoms with Crippen molar-refractivity contribution in [2.75, 3.05) is 13.1 Å². The van der Waals surface area contributed by atoms with E-state index in [4.69, 9.17) is 5.11 Å². The lowest BCUT2D eigenvalue weighted by atomic mass is 9.83. The number of urea groups is 1. The number of aliphatic carboxylic acids is 1. The van der Waals surface area contributed by atoms with Gasteiger partial charge in [-0.25, -0.2) is 4.79 Å². The lowest BCUT2D eigenvalue weighted by molar-refractivity contribution is -0.141. The third-order valence-electron chi connectivity index (χ3n) is 4.39. The second-order valence-corrected chi connectivity index (χ2v) is 5.57. The van der Waals surface area contributed by atoms with E-state index in [2.05, 4.69) is 17.6 Å². The van der Waals surface area contributed by atoms with Crippen molar-refractivity contribution in [2.45, 2.75) is 52.4 Å². The lowest BCUT2D eigenvalue weighted by Gasteiger charge is -2.27. The van der Waals surface area contributed by atoms with Crippen molar-refractivity contribution in [3.05, 3.63) is 0 Å². The zero-order chi connectivity index (χ0) is 14.3. The molecule has 110 valence electrons. The summed E-state index contributed by atoms with van der Waals surface area (Å²) in [4.78, 5) is 22.5. The van der Waals surface area contributed by atoms with Crippen LogP contribution in [0.4, 0.5) is 4.79 Å². The third kappa shape index (κ3) is 4.73. The SMILES string of the molecule is CCC(CNC(=O)NCC1(CC)CCCC1)C(=O)O. The summed E-state index contributed by atoms with van der Waals surface area (Å²) in [6.45, 7) is 4.86. The van der Waals surface area contributed by atoms with Gasteiger partial charge in [0.25, 0.3) is 0 Å². The Morgan fingerprint density at radius 3 is 2.32 bits per heavy atom. The van der Waals surface area contributed by atoms with Crippen molar-refractivity contribution in [3.63, 3.8) is 0 Å². The fourth-order valence-electron chi connectivity index (χ4n) is 2.73. The Morgan fingerprint density at radius 1 is 1.21 bits per heavy atom. The molecule has 1 atom stereocenters. The second-order valence-electron chi connectivity index (χ2n) is 5.57. The molecule has 0 saturated heterocycles. The van der Waals surface area contributed by atoms with Crippen LogP contribution in [-0.4, -0.2) is 30.2 Å². The second kappa shape index (κ2) is 7.36. The number of rotatable bonds is 7. The van der Waals surface area contributed by atoms with Crippen LogP contribution in [0.2, 0.25) is 0 Å². The van der Waals surface area contributed by atoms with Gasteiger partial charge >= 0.3 is 12.0 Å². The molecular formula is C14H26N2O3. The molecule has 1 unspecified atom stereocenters. The number of carbonyl (C=O) groups is 2. The smallest absolute Gasteiger partial charge is 0.314 e. The monoisotopic (exact) mass is 270 g/mol. The standard InChI is InChI=1S/C14H26N2O3/c1-3-11(12(17)18)9-15-13(19)16-10-14(4-2)7-5-6-8-14/h11H,3-10H2,1-2H3,(H,17,18)(H2,15,16,19). The molecule has 0 aromatic rings. The molecule has 5 nitrogen and oxygen atoms in total. The van der Waals surface area contributed by atoms with Gasteiger partial charge in [-0.3, -0.25) is 4.79 Å². The molecule has 19 heavy (non-hydrogen) atoms. The minimum atomic E-state index is -0.858. The van der Waals surface area contributed by atoms with E-state index in [1.54, 1.807) is 0 Å². The first-order valence-corrected chi connectivity index (χ1v) is 7.27. The third-order valence-corrected chi connectivity index (χ3v) is 4.39. The first-order chi connectivity index (χ1) is 9.03. The van der Waals surface area contributed by atoms with Crippen molar-refractivity contribution in [1.29, 1.82) is 0 Å². The van der Waals surface area contributed by atoms with Crippen LogP contribution in [0, 0.1) is 11.3 Å². The molecule has 0 bridgehead atoms. The molecule has 1 rings (SSSR count). The van der Waals surface area contributed by atoms with Crippen molar-refractivity contribution < 1.29 is 14.7 Å². The summed E-state index contributed by atoms with van der Waals surface area (Å²) in [6.07, 6.45) is 6.45. The fraction of sp³-hybridized carbons (Fsp3) is 0.857. The van der Waals surface area contributed by atoms with Gasteiger partial charge < -0.3 is 15.7 Å². The molecule has 0 aliphatic heterocycles. The Balaban J connectivity index is 2.29. The number of hydrogen-bond donors (Lipinski definition) is 3. The zero-order valence-electron chi connectivity index (χ0n) is 12.0. The highest BCUT2D eigenvalue weighted by Gasteiger charge is 2.32. The largest absolute Gasteiger partial charge is 0.481 e. The quantitative estimate of drug-likeness (QED) is 0.664. The summed E-state index contributed by atoms with van der Waals surface area (Å²) in [5.74, 6) is -1.36. The highest BCUT2D eigenvalue weighted by molar-refractivity contribution is 5.75. The maximum atomic E-state index is 11.7. The molecule has 0 heterocycles. The highest BCUT2D eigenvalue weighted by Crippen LogP contribution is 2.40. The van der Waals surface area contributed by atoms with Gasteiger partial charge in [0, 0.05) is 13.1 Å². The Labute approximate surface area is 115 Å². The van der Waals surface area contributed by atoms with Gasteiger partial charge in [-0.15, -0.1) is 0 Å². The Morgan fingerprint density at radius 2 is 1.84 bits per heavy atom. The minimum absolute atomic E-state index is 0.191. The predicted octanol–water partition coefficient (Wildman–Crippen LogP) is 2.37. The Hall–Kier alpha value is -1.26. The molecule has 2 amide bonds. The molecule has 1 aliphatic carbocycles. The van der Waals surface area contributed by atoms with E-state index < -0.39 is 11.9 Å². The van der Waals surface area contributed by atoms with Gasteiger partial charge in [0.2, 0.25) is 0 Å². The van der Waals surface area contributed by atoms with Crippen LogP contribution >= 0.6 is 0 Å². The molecule has 1 saturated carbocycles. The maximum absolute atomic E-state index is 11.7. The van der Waals surface area contributed by atoms with Crippen LogP contribution < -0.4 is 10.6 Å². The van der Waals surface area contributed by atoms with Crippen LogP contribution in [0.5, 0.6) is 0 Å². The summed E-state index contributed by atoms with van der Waals surface area (Å²) in [5.41, 5.74) is 0.258. The van der Waals surface area contributed by atoms with Crippen molar-refractivity contribution in [2.24, 2.45) is 11.3 Å². The fourth-order valence-corrected chi connectivity index (χ4v) is 2.73. The summed E-state index contributed by atoms with van der Waals surface area (Å²) < 4.78 is 0. The van der Waals surface area contributed by atoms with E-state index >= 15 is 0 Å². The predicted molar refractivity (Wildman–Crippen MR) is 74.0 cm³/mol. The summed E-state index contributed by atoms with van der Waals surface area (Å²) in [7, 11) is 0. The zero-order valence-corrected chi connectivity index (χ0v) is 12.0. The van der Waals surface area contributed by atoms with E-state index in [-0.39, 0.29) is 18.0 Å². The van der Waals surface area contributed by atoms with Gasteiger partial charge in [0.1, 0.15) is 0 Å². The maximum Gasteiger partial charge on any atom is 0.314 e. The lowest BCUT2D eigenvalue weighted by Crippen LogP contribution is -2.43. The number of carbonyl (C=O) groups excluding carboxylic acids is 1. The first-order valence-electron chi connectivity index (χ1n) is 7.27. The number of amides is 2. The van der Waals surface area contributed by atoms with Gasteiger partial charge in [-0.1, -0.05) is 26.7 Å². The van der Waals surface area contributed by atoms with Crippen LogP contribution in [0.25, 0.3) is 0 Å². The Bertz CT molecular complexity index is 312. The van der Waals surface area contributed by atoms with Gasteiger partial charge in [0.15, 0.2) is 0 Å². The van der Waals surface area contributed by atoms with Gasteiger partial charge in [-0.2, -0.15) is 0 Å². The number of nitrogens with one attached hydrogen (secondary N) is 2. The van der Waals surface area contributed by atoms with Crippen LogP contribution in [0.1, 0.15) is 52.4 Å². The molecule has 5 heteroatoms. The topological polar surface area (TPSA) is 78.4 Å². The van der Waals surface area contributed by atoms with Gasteiger partial charge in [-0.05, 0) is 31.1 Å². The molecule has 1 aliphatic rings. The first kappa shape index (κ1) is 15.8. The average Bonchev–Trinajstić information content (AvgIpc) is 2.86. The molecule has 3 N–H and O–H groups in total. The Kier molecular flexibility index (Phi) is 6.12. The van der Waals surface area contributed by atoms with E-state index in [0.29, 0.717) is 13.0 Å². The number of hydrogen-bond acceptors (Lipinski definition) is 2. The average molecular weight is 270 g/mol. The summed E-state index contributed by atoms with van der Waals surface area (Å²) >= 11 is 0. The van der Waals surface area contributed by atoms with Gasteiger partial charge in [0.05, 0.1) is 5.92 Å². The molecule has 1 fully saturated rings. The molecule has 0 radical (unpaired) electrons. The van der Waals surface area contributed by atoms with Crippen LogP contribution in [-0.2, 0) is 4.79 Å². The summed E-state index contributed by atoms with van der Waals surface area (Å²) in [5, 5.41) is 14.4.